The highest BCUT2D eigenvalue weighted by molar-refractivity contribution is 7.98. The van der Waals surface area contributed by atoms with Crippen LogP contribution in [0.25, 0.3) is 6.08 Å². The summed E-state index contributed by atoms with van der Waals surface area (Å²) in [6.07, 6.45) is 3.64. The molecule has 6 rings (SSSR count). The van der Waals surface area contributed by atoms with Gasteiger partial charge >= 0.3 is 5.97 Å². The molecule has 11 heteroatoms. The number of rotatable bonds is 7. The topological polar surface area (TPSA) is 88.4 Å². The molecule has 1 aromatic heterocycles. The standard InChI is InChI=1S/C31H25FN2O6S2/c1-4-37-30(36)27-17(2)33-31-34(28(27)19-6-9-21(41-3)10-7-19)29(35)26(42-31)14-18-5-11-22(32)24(13-18)40-20-8-12-23-25(15-20)39-16-38-23/h5-15,28H,4,16H2,1-3H3/b26-14-. The maximum atomic E-state index is 14.7. The fourth-order valence-corrected chi connectivity index (χ4v) is 6.25. The number of benzene rings is 3. The first-order chi connectivity index (χ1) is 20.4. The van der Waals surface area contributed by atoms with Crippen LogP contribution in [-0.2, 0) is 9.53 Å². The number of halogens is 1. The molecule has 2 aliphatic heterocycles. The summed E-state index contributed by atoms with van der Waals surface area (Å²) in [4.78, 5) is 33.1. The van der Waals surface area contributed by atoms with Crippen LogP contribution in [-0.4, -0.2) is 30.2 Å². The first-order valence-electron chi connectivity index (χ1n) is 13.1. The van der Waals surface area contributed by atoms with Crippen molar-refractivity contribution in [3.63, 3.8) is 0 Å². The summed E-state index contributed by atoms with van der Waals surface area (Å²) in [5.74, 6) is 0.393. The van der Waals surface area contributed by atoms with E-state index in [0.29, 0.717) is 43.4 Å². The first-order valence-corrected chi connectivity index (χ1v) is 15.1. The van der Waals surface area contributed by atoms with Gasteiger partial charge in [0, 0.05) is 11.0 Å². The largest absolute Gasteiger partial charge is 0.463 e. The molecular weight excluding hydrogens is 579 g/mol. The molecule has 8 nitrogen and oxygen atoms in total. The molecular formula is C31H25FN2O6S2. The van der Waals surface area contributed by atoms with Gasteiger partial charge in [0.1, 0.15) is 5.75 Å². The number of carbonyl (C=O) groups excluding carboxylic acids is 1. The Hall–Kier alpha value is -4.35. The summed E-state index contributed by atoms with van der Waals surface area (Å²) in [6, 6.07) is 16.4. The quantitative estimate of drug-likeness (QED) is 0.212. The van der Waals surface area contributed by atoms with Crippen molar-refractivity contribution < 1.29 is 28.1 Å². The number of thiazole rings is 1. The van der Waals surface area contributed by atoms with E-state index in [4.69, 9.17) is 18.9 Å². The smallest absolute Gasteiger partial charge is 0.338 e. The zero-order valence-electron chi connectivity index (χ0n) is 22.9. The van der Waals surface area contributed by atoms with Crippen molar-refractivity contribution in [3.8, 4) is 23.0 Å². The molecule has 0 amide bonds. The van der Waals surface area contributed by atoms with Gasteiger partial charge in [-0.3, -0.25) is 9.36 Å². The highest BCUT2D eigenvalue weighted by Crippen LogP contribution is 2.37. The van der Waals surface area contributed by atoms with Crippen LogP contribution in [0.1, 0.15) is 31.0 Å². The highest BCUT2D eigenvalue weighted by Gasteiger charge is 2.33. The van der Waals surface area contributed by atoms with Crippen molar-refractivity contribution >= 4 is 35.1 Å². The molecule has 0 radical (unpaired) electrons. The molecule has 0 fully saturated rings. The summed E-state index contributed by atoms with van der Waals surface area (Å²) in [7, 11) is 0. The number of carbonyl (C=O) groups is 1. The lowest BCUT2D eigenvalue weighted by atomic mass is 9.96. The minimum atomic E-state index is -0.712. The summed E-state index contributed by atoms with van der Waals surface area (Å²) in [6.45, 7) is 3.79. The summed E-state index contributed by atoms with van der Waals surface area (Å²) in [5.41, 5.74) is 1.79. The normalized spacial score (nSPS) is 15.8. The van der Waals surface area contributed by atoms with Crippen molar-refractivity contribution in [3.05, 3.63) is 109 Å². The van der Waals surface area contributed by atoms with Gasteiger partial charge < -0.3 is 18.9 Å². The van der Waals surface area contributed by atoms with Gasteiger partial charge in [-0.1, -0.05) is 29.5 Å². The van der Waals surface area contributed by atoms with E-state index < -0.39 is 17.8 Å². The van der Waals surface area contributed by atoms with Gasteiger partial charge in [0.2, 0.25) is 6.79 Å². The Kier molecular flexibility index (Phi) is 7.61. The van der Waals surface area contributed by atoms with Gasteiger partial charge in [0.25, 0.3) is 5.56 Å². The molecule has 3 heterocycles. The van der Waals surface area contributed by atoms with Crippen LogP contribution in [0, 0.1) is 5.82 Å². The van der Waals surface area contributed by atoms with Gasteiger partial charge in [-0.2, -0.15) is 0 Å². The minimum Gasteiger partial charge on any atom is -0.463 e. The molecule has 1 unspecified atom stereocenters. The third kappa shape index (κ3) is 5.21. The van der Waals surface area contributed by atoms with E-state index in [1.54, 1.807) is 56.0 Å². The van der Waals surface area contributed by atoms with Crippen molar-refractivity contribution in [1.29, 1.82) is 0 Å². The molecule has 0 aliphatic carbocycles. The zero-order chi connectivity index (χ0) is 29.4. The highest BCUT2D eigenvalue weighted by atomic mass is 32.2. The van der Waals surface area contributed by atoms with Crippen molar-refractivity contribution in [2.24, 2.45) is 4.99 Å². The van der Waals surface area contributed by atoms with Gasteiger partial charge in [-0.25, -0.2) is 14.2 Å². The number of ether oxygens (including phenoxy) is 4. The van der Waals surface area contributed by atoms with E-state index in [0.717, 1.165) is 10.5 Å². The zero-order valence-corrected chi connectivity index (χ0v) is 24.5. The molecule has 1 atom stereocenters. The van der Waals surface area contributed by atoms with Gasteiger partial charge in [-0.05, 0) is 73.7 Å². The maximum Gasteiger partial charge on any atom is 0.338 e. The van der Waals surface area contributed by atoms with Crippen LogP contribution < -0.4 is 29.1 Å². The second-order valence-electron chi connectivity index (χ2n) is 9.38. The second-order valence-corrected chi connectivity index (χ2v) is 11.3. The Bertz CT molecular complexity index is 1910. The predicted molar refractivity (Wildman–Crippen MR) is 158 cm³/mol. The third-order valence-electron chi connectivity index (χ3n) is 6.77. The Morgan fingerprint density at radius 1 is 1.14 bits per heavy atom. The minimum absolute atomic E-state index is 0.0115. The average Bonchev–Trinajstić information content (AvgIpc) is 3.57. The van der Waals surface area contributed by atoms with E-state index in [1.165, 1.54) is 28.0 Å². The van der Waals surface area contributed by atoms with Gasteiger partial charge in [0.05, 0.1) is 28.5 Å². The lowest BCUT2D eigenvalue weighted by molar-refractivity contribution is -0.139. The number of aromatic nitrogens is 1. The monoisotopic (exact) mass is 604 g/mol. The Morgan fingerprint density at radius 2 is 1.93 bits per heavy atom. The molecule has 4 aromatic rings. The molecule has 0 spiro atoms. The van der Waals surface area contributed by atoms with Crippen molar-refractivity contribution in [1.82, 2.24) is 4.57 Å². The Morgan fingerprint density at radius 3 is 2.69 bits per heavy atom. The SMILES string of the molecule is CCOC(=O)C1=C(C)N=c2s/c(=C\c3ccc(F)c(Oc4ccc5c(c4)OCO5)c3)c(=O)n2C1c1ccc(SC)cc1. The fourth-order valence-electron chi connectivity index (χ4n) is 4.80. The molecule has 0 N–H and O–H groups in total. The molecule has 214 valence electrons. The molecule has 42 heavy (non-hydrogen) atoms. The lowest BCUT2D eigenvalue weighted by Crippen LogP contribution is -2.39. The van der Waals surface area contributed by atoms with Crippen LogP contribution in [0.2, 0.25) is 0 Å². The number of hydrogen-bond acceptors (Lipinski definition) is 9. The first kappa shape index (κ1) is 27.8. The number of thioether (sulfide) groups is 1. The number of hydrogen-bond donors (Lipinski definition) is 0. The summed E-state index contributed by atoms with van der Waals surface area (Å²) >= 11 is 2.79. The number of esters is 1. The van der Waals surface area contributed by atoms with Gasteiger partial charge in [-0.15, -0.1) is 11.8 Å². The van der Waals surface area contributed by atoms with E-state index >= 15 is 0 Å². The average molecular weight is 605 g/mol. The Balaban J connectivity index is 1.42. The van der Waals surface area contributed by atoms with Crippen LogP contribution >= 0.6 is 23.1 Å². The number of fused-ring (bicyclic) bond motifs is 2. The molecule has 2 aliphatic rings. The van der Waals surface area contributed by atoms with E-state index in [2.05, 4.69) is 4.99 Å². The number of allylic oxidation sites excluding steroid dienone is 1. The van der Waals surface area contributed by atoms with Crippen LogP contribution in [0.3, 0.4) is 0 Å². The molecule has 0 saturated carbocycles. The summed E-state index contributed by atoms with van der Waals surface area (Å²) in [5, 5.41) is 0. The molecule has 0 bridgehead atoms. The van der Waals surface area contributed by atoms with Crippen LogP contribution in [0.4, 0.5) is 4.39 Å². The van der Waals surface area contributed by atoms with Crippen LogP contribution in [0.5, 0.6) is 23.0 Å². The lowest BCUT2D eigenvalue weighted by Gasteiger charge is -2.24. The second kappa shape index (κ2) is 11.5. The molecule has 0 saturated heterocycles. The van der Waals surface area contributed by atoms with E-state index in [9.17, 15) is 14.0 Å². The predicted octanol–water partition coefficient (Wildman–Crippen LogP) is 5.18. The third-order valence-corrected chi connectivity index (χ3v) is 8.50. The van der Waals surface area contributed by atoms with Crippen LogP contribution in [0.15, 0.2) is 86.6 Å². The van der Waals surface area contributed by atoms with Crippen molar-refractivity contribution in [2.45, 2.75) is 24.8 Å². The number of nitrogens with zero attached hydrogens (tertiary/aromatic N) is 2. The fraction of sp³-hybridized carbons (Fsp3) is 0.194. The Labute approximate surface area is 248 Å². The molecule has 3 aromatic carbocycles. The van der Waals surface area contributed by atoms with E-state index in [1.807, 2.05) is 30.5 Å². The summed E-state index contributed by atoms with van der Waals surface area (Å²) < 4.78 is 38.5. The maximum absolute atomic E-state index is 14.7. The van der Waals surface area contributed by atoms with Gasteiger partial charge in [0.15, 0.2) is 27.9 Å². The van der Waals surface area contributed by atoms with E-state index in [-0.39, 0.29) is 24.7 Å². The van der Waals surface area contributed by atoms with Crippen molar-refractivity contribution in [2.75, 3.05) is 19.7 Å².